The molecule has 0 aliphatic heterocycles. The average molecular weight is 408 g/mol. The molecule has 1 aromatic heterocycles. The molecule has 4 nitrogen and oxygen atoms in total. The molecular formula is C27H25N3O. The zero-order valence-corrected chi connectivity index (χ0v) is 17.7. The minimum Gasteiger partial charge on any atom is -0.398 e. The fraction of sp³-hybridized carbons (Fsp3) is 0.111. The average Bonchev–Trinajstić information content (AvgIpc) is 2.79. The molecule has 0 spiro atoms. The number of para-hydroxylation sites is 1. The highest BCUT2D eigenvalue weighted by atomic mass is 16.1. The van der Waals surface area contributed by atoms with E-state index in [1.165, 1.54) is 5.56 Å². The SMILES string of the molecule is Cc1ccc(-c2cc(C(=O)NCc3ccc(C)nc3)cc(-c3ccccc3N)c2)cc1. The molecule has 4 heteroatoms. The zero-order valence-electron chi connectivity index (χ0n) is 17.7. The number of aromatic nitrogens is 1. The highest BCUT2D eigenvalue weighted by Gasteiger charge is 2.12. The van der Waals surface area contributed by atoms with Crippen molar-refractivity contribution in [1.82, 2.24) is 10.3 Å². The Hall–Kier alpha value is -3.92. The van der Waals surface area contributed by atoms with Crippen molar-refractivity contribution in [3.63, 3.8) is 0 Å². The number of nitrogens with one attached hydrogen (secondary N) is 1. The number of nitrogen functional groups attached to an aromatic ring is 1. The molecule has 3 aromatic carbocycles. The lowest BCUT2D eigenvalue weighted by atomic mass is 9.94. The number of carbonyl (C=O) groups is 1. The topological polar surface area (TPSA) is 68.0 Å². The Bertz CT molecular complexity index is 1210. The highest BCUT2D eigenvalue weighted by molar-refractivity contribution is 5.97. The molecule has 31 heavy (non-hydrogen) atoms. The first-order valence-corrected chi connectivity index (χ1v) is 10.3. The van der Waals surface area contributed by atoms with Crippen molar-refractivity contribution in [2.45, 2.75) is 20.4 Å². The van der Waals surface area contributed by atoms with Crippen LogP contribution >= 0.6 is 0 Å². The van der Waals surface area contributed by atoms with Gasteiger partial charge in [-0.15, -0.1) is 0 Å². The van der Waals surface area contributed by atoms with Crippen molar-refractivity contribution in [3.8, 4) is 22.3 Å². The maximum atomic E-state index is 13.0. The van der Waals surface area contributed by atoms with Gasteiger partial charge in [0.05, 0.1) is 0 Å². The van der Waals surface area contributed by atoms with E-state index in [0.29, 0.717) is 17.8 Å². The van der Waals surface area contributed by atoms with E-state index < -0.39 is 0 Å². The first-order valence-electron chi connectivity index (χ1n) is 10.3. The van der Waals surface area contributed by atoms with Gasteiger partial charge in [-0.25, -0.2) is 0 Å². The highest BCUT2D eigenvalue weighted by Crippen LogP contribution is 2.31. The second-order valence-corrected chi connectivity index (χ2v) is 7.74. The van der Waals surface area contributed by atoms with Gasteiger partial charge in [-0.05, 0) is 66.4 Å². The summed E-state index contributed by atoms with van der Waals surface area (Å²) in [6.45, 7) is 4.42. The van der Waals surface area contributed by atoms with E-state index >= 15 is 0 Å². The van der Waals surface area contributed by atoms with Gasteiger partial charge in [-0.2, -0.15) is 0 Å². The van der Waals surface area contributed by atoms with Crippen LogP contribution < -0.4 is 11.1 Å². The van der Waals surface area contributed by atoms with Gasteiger partial charge in [0.2, 0.25) is 0 Å². The van der Waals surface area contributed by atoms with E-state index in [9.17, 15) is 4.79 Å². The molecule has 0 aliphatic rings. The third-order valence-electron chi connectivity index (χ3n) is 5.28. The van der Waals surface area contributed by atoms with Crippen LogP contribution in [0.1, 0.15) is 27.2 Å². The number of aryl methyl sites for hydroxylation is 2. The Morgan fingerprint density at radius 3 is 2.32 bits per heavy atom. The predicted octanol–water partition coefficient (Wildman–Crippen LogP) is 5.54. The molecule has 3 N–H and O–H groups in total. The number of hydrogen-bond acceptors (Lipinski definition) is 3. The number of nitrogens with two attached hydrogens (primary N) is 1. The summed E-state index contributed by atoms with van der Waals surface area (Å²) in [6.07, 6.45) is 1.79. The number of amides is 1. The first-order chi connectivity index (χ1) is 15.0. The molecule has 0 radical (unpaired) electrons. The van der Waals surface area contributed by atoms with Gasteiger partial charge >= 0.3 is 0 Å². The number of rotatable bonds is 5. The molecule has 0 saturated carbocycles. The number of nitrogens with zero attached hydrogens (tertiary/aromatic N) is 1. The van der Waals surface area contributed by atoms with E-state index in [0.717, 1.165) is 33.5 Å². The van der Waals surface area contributed by atoms with E-state index in [4.69, 9.17) is 5.73 Å². The molecule has 1 heterocycles. The van der Waals surface area contributed by atoms with Crippen molar-refractivity contribution < 1.29 is 4.79 Å². The number of benzene rings is 3. The van der Waals surface area contributed by atoms with Crippen LogP contribution in [0.25, 0.3) is 22.3 Å². The normalized spacial score (nSPS) is 10.6. The van der Waals surface area contributed by atoms with Gasteiger partial charge in [0.25, 0.3) is 5.91 Å². The molecule has 4 rings (SSSR count). The summed E-state index contributed by atoms with van der Waals surface area (Å²) in [4.78, 5) is 17.3. The number of carbonyl (C=O) groups excluding carboxylic acids is 1. The van der Waals surface area contributed by atoms with Crippen LogP contribution in [-0.2, 0) is 6.54 Å². The summed E-state index contributed by atoms with van der Waals surface area (Å²) >= 11 is 0. The maximum absolute atomic E-state index is 13.0. The lowest BCUT2D eigenvalue weighted by Gasteiger charge is -2.13. The fourth-order valence-electron chi connectivity index (χ4n) is 3.47. The maximum Gasteiger partial charge on any atom is 0.251 e. The summed E-state index contributed by atoms with van der Waals surface area (Å²) in [6, 6.07) is 25.8. The van der Waals surface area contributed by atoms with E-state index in [2.05, 4.69) is 47.6 Å². The fourth-order valence-corrected chi connectivity index (χ4v) is 3.47. The van der Waals surface area contributed by atoms with Crippen LogP contribution in [0.15, 0.2) is 85.1 Å². The van der Waals surface area contributed by atoms with Gasteiger partial charge in [0.15, 0.2) is 0 Å². The van der Waals surface area contributed by atoms with Crippen molar-refractivity contribution in [2.75, 3.05) is 5.73 Å². The molecule has 0 fully saturated rings. The molecule has 154 valence electrons. The summed E-state index contributed by atoms with van der Waals surface area (Å²) in [5, 5.41) is 3.01. The van der Waals surface area contributed by atoms with Gasteiger partial charge in [0, 0.05) is 35.2 Å². The molecule has 4 aromatic rings. The Labute approximate surface area is 182 Å². The first kappa shape index (κ1) is 20.4. The molecule has 0 atom stereocenters. The zero-order chi connectivity index (χ0) is 21.8. The lowest BCUT2D eigenvalue weighted by Crippen LogP contribution is -2.23. The number of hydrogen-bond donors (Lipinski definition) is 2. The largest absolute Gasteiger partial charge is 0.398 e. The van der Waals surface area contributed by atoms with Crippen LogP contribution in [0, 0.1) is 13.8 Å². The molecule has 0 bridgehead atoms. The Morgan fingerprint density at radius 1 is 0.871 bits per heavy atom. The van der Waals surface area contributed by atoms with Crippen LogP contribution in [-0.4, -0.2) is 10.9 Å². The third kappa shape index (κ3) is 4.81. The molecule has 0 saturated heterocycles. The van der Waals surface area contributed by atoms with E-state index in [-0.39, 0.29) is 5.91 Å². The van der Waals surface area contributed by atoms with Crippen LogP contribution in [0.2, 0.25) is 0 Å². The van der Waals surface area contributed by atoms with E-state index in [1.54, 1.807) is 6.20 Å². The summed E-state index contributed by atoms with van der Waals surface area (Å²) in [5.41, 5.74) is 14.5. The van der Waals surface area contributed by atoms with Crippen LogP contribution in [0.4, 0.5) is 5.69 Å². The van der Waals surface area contributed by atoms with Crippen molar-refractivity contribution in [1.29, 1.82) is 0 Å². The quantitative estimate of drug-likeness (QED) is 0.427. The monoisotopic (exact) mass is 407 g/mol. The summed E-state index contributed by atoms with van der Waals surface area (Å²) in [5.74, 6) is -0.134. The third-order valence-corrected chi connectivity index (χ3v) is 5.28. The van der Waals surface area contributed by atoms with Crippen molar-refractivity contribution in [3.05, 3.63) is 107 Å². The second kappa shape index (κ2) is 8.84. The van der Waals surface area contributed by atoms with Gasteiger partial charge < -0.3 is 11.1 Å². The van der Waals surface area contributed by atoms with Gasteiger partial charge in [0.1, 0.15) is 0 Å². The molecular weight excluding hydrogens is 382 g/mol. The molecule has 0 aliphatic carbocycles. The smallest absolute Gasteiger partial charge is 0.251 e. The van der Waals surface area contributed by atoms with E-state index in [1.807, 2.05) is 55.5 Å². The van der Waals surface area contributed by atoms with Crippen LogP contribution in [0.5, 0.6) is 0 Å². The van der Waals surface area contributed by atoms with Crippen LogP contribution in [0.3, 0.4) is 0 Å². The summed E-state index contributed by atoms with van der Waals surface area (Å²) < 4.78 is 0. The standard InChI is InChI=1S/C27H25N3O/c1-18-7-11-21(12-8-18)22-13-23(25-5-3-4-6-26(25)28)15-24(14-22)27(31)30-17-20-10-9-19(2)29-16-20/h3-16H,17,28H2,1-2H3,(H,30,31). The van der Waals surface area contributed by atoms with Gasteiger partial charge in [-0.1, -0.05) is 54.1 Å². The Morgan fingerprint density at radius 2 is 1.61 bits per heavy atom. The van der Waals surface area contributed by atoms with Crippen molar-refractivity contribution >= 4 is 11.6 Å². The Kier molecular flexibility index (Phi) is 5.80. The van der Waals surface area contributed by atoms with Gasteiger partial charge in [-0.3, -0.25) is 9.78 Å². The molecule has 0 unspecified atom stereocenters. The molecule has 1 amide bonds. The number of anilines is 1. The Balaban J connectivity index is 1.70. The van der Waals surface area contributed by atoms with Crippen molar-refractivity contribution in [2.24, 2.45) is 0 Å². The second-order valence-electron chi connectivity index (χ2n) is 7.74. The predicted molar refractivity (Wildman–Crippen MR) is 127 cm³/mol. The minimum atomic E-state index is -0.134. The minimum absolute atomic E-state index is 0.134. The summed E-state index contributed by atoms with van der Waals surface area (Å²) in [7, 11) is 0. The lowest BCUT2D eigenvalue weighted by molar-refractivity contribution is 0.0951. The number of pyridine rings is 1.